The molecular weight excluding hydrogens is 288 g/mol. The molecular formula is C7H9BrN2O2S2. The Kier molecular flexibility index (Phi) is 2.59. The summed E-state index contributed by atoms with van der Waals surface area (Å²) in [5.41, 5.74) is 0. The standard InChI is InChI=1S/C7H9BrN2O2S2/c1-9(7-4-6(8)5-13-7)14(11,12)10-2-3-10/h4-5H,2-3H2,1H3. The molecule has 0 spiro atoms. The molecule has 1 aliphatic heterocycles. The third kappa shape index (κ3) is 1.81. The second-order valence-corrected chi connectivity index (χ2v) is 6.74. The molecule has 7 heteroatoms. The van der Waals surface area contributed by atoms with Crippen LogP contribution in [-0.2, 0) is 10.2 Å². The SMILES string of the molecule is CN(c1cc(Br)cs1)S(=O)(=O)N1CC1. The minimum atomic E-state index is -3.25. The van der Waals surface area contributed by atoms with Gasteiger partial charge in [0, 0.05) is 30.0 Å². The minimum Gasteiger partial charge on any atom is -0.251 e. The molecule has 0 atom stereocenters. The first-order valence-electron chi connectivity index (χ1n) is 4.00. The molecule has 0 saturated carbocycles. The summed E-state index contributed by atoms with van der Waals surface area (Å²) in [6.45, 7) is 1.28. The lowest BCUT2D eigenvalue weighted by atomic mass is 10.6. The molecule has 0 aromatic carbocycles. The summed E-state index contributed by atoms with van der Waals surface area (Å²) in [4.78, 5) is 0. The topological polar surface area (TPSA) is 40.4 Å². The van der Waals surface area contributed by atoms with Crippen LogP contribution in [0, 0.1) is 0 Å². The maximum atomic E-state index is 11.7. The summed E-state index contributed by atoms with van der Waals surface area (Å²) >= 11 is 4.70. The van der Waals surface area contributed by atoms with Crippen molar-refractivity contribution in [2.75, 3.05) is 24.4 Å². The Hall–Kier alpha value is -0.110. The van der Waals surface area contributed by atoms with Crippen molar-refractivity contribution >= 4 is 42.5 Å². The summed E-state index contributed by atoms with van der Waals surface area (Å²) < 4.78 is 27.1. The Morgan fingerprint density at radius 1 is 1.57 bits per heavy atom. The van der Waals surface area contributed by atoms with Gasteiger partial charge in [-0.3, -0.25) is 4.31 Å². The Labute approximate surface area is 95.4 Å². The summed E-state index contributed by atoms with van der Waals surface area (Å²) in [7, 11) is -1.67. The number of hydrogen-bond acceptors (Lipinski definition) is 3. The third-order valence-electron chi connectivity index (χ3n) is 1.94. The summed E-state index contributed by atoms with van der Waals surface area (Å²) in [6.07, 6.45) is 0. The van der Waals surface area contributed by atoms with Crippen LogP contribution >= 0.6 is 27.3 Å². The number of rotatable bonds is 3. The third-order valence-corrected chi connectivity index (χ3v) is 5.73. The molecule has 2 rings (SSSR count). The summed E-state index contributed by atoms with van der Waals surface area (Å²) in [5.74, 6) is 0. The van der Waals surface area contributed by atoms with E-state index < -0.39 is 10.2 Å². The first-order chi connectivity index (χ1) is 6.51. The van der Waals surface area contributed by atoms with Crippen LogP contribution < -0.4 is 4.31 Å². The van der Waals surface area contributed by atoms with Gasteiger partial charge in [0.2, 0.25) is 0 Å². The average Bonchev–Trinajstić information content (AvgIpc) is 2.89. The number of halogens is 1. The quantitative estimate of drug-likeness (QED) is 0.793. The number of anilines is 1. The van der Waals surface area contributed by atoms with Crippen LogP contribution in [0.25, 0.3) is 0 Å². The highest BCUT2D eigenvalue weighted by Crippen LogP contribution is 2.30. The van der Waals surface area contributed by atoms with E-state index in [4.69, 9.17) is 0 Å². The normalized spacial score (nSPS) is 17.0. The Balaban J connectivity index is 2.27. The summed E-state index contributed by atoms with van der Waals surface area (Å²) in [5, 5.41) is 2.59. The van der Waals surface area contributed by atoms with Crippen molar-refractivity contribution < 1.29 is 8.42 Å². The van der Waals surface area contributed by atoms with E-state index in [1.165, 1.54) is 19.9 Å². The van der Waals surface area contributed by atoms with Crippen molar-refractivity contribution in [2.24, 2.45) is 0 Å². The van der Waals surface area contributed by atoms with E-state index in [0.717, 1.165) is 9.47 Å². The molecule has 0 amide bonds. The zero-order valence-corrected chi connectivity index (χ0v) is 10.7. The molecule has 1 aromatic rings. The van der Waals surface area contributed by atoms with Gasteiger partial charge in [-0.1, -0.05) is 0 Å². The highest BCUT2D eigenvalue weighted by Gasteiger charge is 2.35. The first kappa shape index (κ1) is 10.4. The van der Waals surface area contributed by atoms with Gasteiger partial charge in [0.05, 0.1) is 0 Å². The molecule has 0 radical (unpaired) electrons. The van der Waals surface area contributed by atoms with Crippen LogP contribution in [0.3, 0.4) is 0 Å². The fourth-order valence-electron chi connectivity index (χ4n) is 1.03. The van der Waals surface area contributed by atoms with Crippen molar-refractivity contribution in [1.82, 2.24) is 4.31 Å². The predicted octanol–water partition coefficient (Wildman–Crippen LogP) is 1.51. The van der Waals surface area contributed by atoms with E-state index in [1.54, 1.807) is 13.1 Å². The van der Waals surface area contributed by atoms with Crippen LogP contribution in [0.4, 0.5) is 5.00 Å². The number of nitrogens with zero attached hydrogens (tertiary/aromatic N) is 2. The van der Waals surface area contributed by atoms with Gasteiger partial charge in [0.25, 0.3) is 0 Å². The Bertz CT molecular complexity index is 438. The van der Waals surface area contributed by atoms with Gasteiger partial charge >= 0.3 is 10.2 Å². The van der Waals surface area contributed by atoms with Gasteiger partial charge in [-0.25, -0.2) is 0 Å². The second-order valence-electron chi connectivity index (χ2n) is 2.98. The maximum absolute atomic E-state index is 11.7. The fourth-order valence-corrected chi connectivity index (χ4v) is 3.90. The lowest BCUT2D eigenvalue weighted by Crippen LogP contribution is -2.31. The smallest absolute Gasteiger partial charge is 0.251 e. The second kappa shape index (κ2) is 3.48. The van der Waals surface area contributed by atoms with Gasteiger partial charge in [-0.05, 0) is 22.0 Å². The molecule has 0 unspecified atom stereocenters. The Morgan fingerprint density at radius 2 is 2.21 bits per heavy atom. The van der Waals surface area contributed by atoms with Crippen molar-refractivity contribution in [3.63, 3.8) is 0 Å². The van der Waals surface area contributed by atoms with E-state index in [0.29, 0.717) is 13.1 Å². The van der Waals surface area contributed by atoms with Crippen molar-refractivity contribution in [1.29, 1.82) is 0 Å². The molecule has 1 saturated heterocycles. The monoisotopic (exact) mass is 296 g/mol. The molecule has 14 heavy (non-hydrogen) atoms. The molecule has 1 fully saturated rings. The predicted molar refractivity (Wildman–Crippen MR) is 60.9 cm³/mol. The zero-order chi connectivity index (χ0) is 10.3. The highest BCUT2D eigenvalue weighted by atomic mass is 79.9. The fraction of sp³-hybridized carbons (Fsp3) is 0.429. The van der Waals surface area contributed by atoms with Crippen LogP contribution in [-0.4, -0.2) is 32.9 Å². The van der Waals surface area contributed by atoms with Gasteiger partial charge in [-0.2, -0.15) is 12.7 Å². The van der Waals surface area contributed by atoms with Crippen LogP contribution in [0.15, 0.2) is 15.9 Å². The van der Waals surface area contributed by atoms with Gasteiger partial charge < -0.3 is 0 Å². The first-order valence-corrected chi connectivity index (χ1v) is 7.07. The lowest BCUT2D eigenvalue weighted by molar-refractivity contribution is 0.561. The van der Waals surface area contributed by atoms with Gasteiger partial charge in [0.1, 0.15) is 5.00 Å². The number of hydrogen-bond donors (Lipinski definition) is 0. The van der Waals surface area contributed by atoms with Crippen molar-refractivity contribution in [3.05, 3.63) is 15.9 Å². The molecule has 1 aliphatic rings. The van der Waals surface area contributed by atoms with Crippen LogP contribution in [0.1, 0.15) is 0 Å². The summed E-state index contributed by atoms with van der Waals surface area (Å²) in [6, 6.07) is 1.80. The van der Waals surface area contributed by atoms with Gasteiger partial charge in [-0.15, -0.1) is 11.3 Å². The zero-order valence-electron chi connectivity index (χ0n) is 7.47. The number of thiophene rings is 1. The Morgan fingerprint density at radius 3 is 2.64 bits per heavy atom. The van der Waals surface area contributed by atoms with Crippen LogP contribution in [0.5, 0.6) is 0 Å². The van der Waals surface area contributed by atoms with E-state index in [9.17, 15) is 8.42 Å². The van der Waals surface area contributed by atoms with E-state index >= 15 is 0 Å². The minimum absolute atomic E-state index is 0.638. The van der Waals surface area contributed by atoms with E-state index in [1.807, 2.05) is 5.38 Å². The molecule has 78 valence electrons. The molecule has 0 bridgehead atoms. The van der Waals surface area contributed by atoms with Crippen molar-refractivity contribution in [2.45, 2.75) is 0 Å². The lowest BCUT2D eigenvalue weighted by Gasteiger charge is -2.16. The van der Waals surface area contributed by atoms with E-state index in [-0.39, 0.29) is 0 Å². The molecule has 4 nitrogen and oxygen atoms in total. The van der Waals surface area contributed by atoms with E-state index in [2.05, 4.69) is 15.9 Å². The molecule has 0 aliphatic carbocycles. The average molecular weight is 297 g/mol. The van der Waals surface area contributed by atoms with Gasteiger partial charge in [0.15, 0.2) is 0 Å². The molecule has 1 aromatic heterocycles. The highest BCUT2D eigenvalue weighted by molar-refractivity contribution is 9.10. The molecule has 0 N–H and O–H groups in total. The maximum Gasteiger partial charge on any atom is 0.304 e. The molecule has 2 heterocycles. The largest absolute Gasteiger partial charge is 0.304 e. The van der Waals surface area contributed by atoms with Crippen molar-refractivity contribution in [3.8, 4) is 0 Å². The van der Waals surface area contributed by atoms with Crippen LogP contribution in [0.2, 0.25) is 0 Å².